The smallest absolute Gasteiger partial charge is 0.252 e. The summed E-state index contributed by atoms with van der Waals surface area (Å²) in [4.78, 5) is 15.0. The van der Waals surface area contributed by atoms with Crippen molar-refractivity contribution < 1.29 is 14.6 Å². The van der Waals surface area contributed by atoms with Crippen molar-refractivity contribution >= 4 is 5.91 Å². The number of benzene rings is 1. The number of aliphatic hydroxyl groups is 1. The van der Waals surface area contributed by atoms with Crippen molar-refractivity contribution in [1.82, 2.24) is 10.2 Å². The second-order valence-electron chi connectivity index (χ2n) is 7.65. The zero-order valence-corrected chi connectivity index (χ0v) is 15.3. The van der Waals surface area contributed by atoms with Crippen molar-refractivity contribution in [3.63, 3.8) is 0 Å². The summed E-state index contributed by atoms with van der Waals surface area (Å²) in [6, 6.07) is 8.86. The molecule has 5 nitrogen and oxygen atoms in total. The van der Waals surface area contributed by atoms with Crippen LogP contribution in [-0.2, 0) is 22.5 Å². The lowest BCUT2D eigenvalue weighted by Gasteiger charge is -2.39. The van der Waals surface area contributed by atoms with Crippen molar-refractivity contribution in [1.29, 1.82) is 0 Å². The predicted octanol–water partition coefficient (Wildman–Crippen LogP) is 1.73. The van der Waals surface area contributed by atoms with E-state index in [0.29, 0.717) is 38.5 Å². The van der Waals surface area contributed by atoms with E-state index in [1.807, 2.05) is 0 Å². The lowest BCUT2D eigenvalue weighted by molar-refractivity contribution is -0.149. The lowest BCUT2D eigenvalue weighted by Crippen LogP contribution is -2.54. The summed E-state index contributed by atoms with van der Waals surface area (Å²) in [7, 11) is 0. The van der Waals surface area contributed by atoms with Gasteiger partial charge < -0.3 is 15.2 Å². The van der Waals surface area contributed by atoms with E-state index in [9.17, 15) is 9.90 Å². The first kappa shape index (κ1) is 18.4. The third-order valence-electron chi connectivity index (χ3n) is 5.61. The highest BCUT2D eigenvalue weighted by Crippen LogP contribution is 2.24. The fourth-order valence-corrected chi connectivity index (χ4v) is 3.89. The number of fused-ring (bicyclic) bond motifs is 1. The fourth-order valence-electron chi connectivity index (χ4n) is 3.89. The van der Waals surface area contributed by atoms with Crippen molar-refractivity contribution in [2.45, 2.75) is 51.3 Å². The van der Waals surface area contributed by atoms with Gasteiger partial charge in [0.05, 0.1) is 0 Å². The van der Waals surface area contributed by atoms with Crippen molar-refractivity contribution in [2.75, 3.05) is 26.3 Å². The van der Waals surface area contributed by atoms with E-state index in [4.69, 9.17) is 4.74 Å². The summed E-state index contributed by atoms with van der Waals surface area (Å²) < 4.78 is 5.26. The highest BCUT2D eigenvalue weighted by Gasteiger charge is 2.38. The molecular formula is C20H30N2O3. The Balaban J connectivity index is 1.61. The van der Waals surface area contributed by atoms with E-state index < -0.39 is 5.60 Å². The molecule has 2 heterocycles. The molecule has 1 aromatic carbocycles. The molecule has 2 aliphatic heterocycles. The molecule has 2 aliphatic rings. The Bertz CT molecular complexity index is 596. The highest BCUT2D eigenvalue weighted by atomic mass is 16.5. The molecule has 0 unspecified atom stereocenters. The van der Waals surface area contributed by atoms with Crippen LogP contribution in [0.1, 0.15) is 37.8 Å². The maximum absolute atomic E-state index is 12.5. The minimum atomic E-state index is -1.27. The molecule has 0 aliphatic carbocycles. The average Bonchev–Trinajstić information content (AvgIpc) is 2.62. The molecule has 0 saturated carbocycles. The first-order valence-electron chi connectivity index (χ1n) is 9.39. The molecule has 1 aromatic rings. The van der Waals surface area contributed by atoms with Gasteiger partial charge >= 0.3 is 0 Å². The Morgan fingerprint density at radius 3 is 2.64 bits per heavy atom. The number of hydrogen-bond donors (Lipinski definition) is 2. The minimum Gasteiger partial charge on any atom is -0.381 e. The van der Waals surface area contributed by atoms with Gasteiger partial charge in [0.15, 0.2) is 0 Å². The Labute approximate surface area is 150 Å². The molecule has 5 heteroatoms. The van der Waals surface area contributed by atoms with E-state index in [2.05, 4.69) is 48.3 Å². The normalized spacial score (nSPS) is 21.6. The molecule has 3 rings (SSSR count). The summed E-state index contributed by atoms with van der Waals surface area (Å²) in [5, 5.41) is 13.5. The van der Waals surface area contributed by atoms with Crippen LogP contribution < -0.4 is 5.32 Å². The maximum atomic E-state index is 12.5. The largest absolute Gasteiger partial charge is 0.381 e. The van der Waals surface area contributed by atoms with Crippen LogP contribution in [0.3, 0.4) is 0 Å². The molecule has 2 N–H and O–H groups in total. The van der Waals surface area contributed by atoms with E-state index in [0.717, 1.165) is 19.5 Å². The number of carbonyl (C=O) groups excluding carboxylic acids is 1. The van der Waals surface area contributed by atoms with Crippen molar-refractivity contribution in [3.8, 4) is 0 Å². The summed E-state index contributed by atoms with van der Waals surface area (Å²) in [5.41, 5.74) is 1.55. The Hall–Kier alpha value is -1.43. The van der Waals surface area contributed by atoms with Crippen LogP contribution >= 0.6 is 0 Å². The molecule has 1 saturated heterocycles. The molecule has 0 radical (unpaired) electrons. The molecular weight excluding hydrogens is 316 g/mol. The van der Waals surface area contributed by atoms with Crippen molar-refractivity contribution in [3.05, 3.63) is 35.4 Å². The van der Waals surface area contributed by atoms with Crippen molar-refractivity contribution in [2.24, 2.45) is 5.92 Å². The van der Waals surface area contributed by atoms with Gasteiger partial charge in [0.2, 0.25) is 0 Å². The summed E-state index contributed by atoms with van der Waals surface area (Å²) >= 11 is 0. The molecule has 1 atom stereocenters. The first-order chi connectivity index (χ1) is 12.0. The zero-order chi connectivity index (χ0) is 17.9. The number of ether oxygens (including phenoxy) is 1. The van der Waals surface area contributed by atoms with Gasteiger partial charge in [-0.2, -0.15) is 0 Å². The van der Waals surface area contributed by atoms with Gasteiger partial charge in [0.1, 0.15) is 5.60 Å². The van der Waals surface area contributed by atoms with Crippen LogP contribution in [0.2, 0.25) is 0 Å². The Morgan fingerprint density at radius 2 is 1.96 bits per heavy atom. The number of nitrogens with one attached hydrogen (secondary N) is 1. The van der Waals surface area contributed by atoms with Gasteiger partial charge in [-0.3, -0.25) is 9.69 Å². The Kier molecular flexibility index (Phi) is 5.77. The lowest BCUT2D eigenvalue weighted by atomic mass is 9.92. The molecule has 1 amide bonds. The van der Waals surface area contributed by atoms with Crippen LogP contribution in [0.5, 0.6) is 0 Å². The molecule has 0 bridgehead atoms. The van der Waals surface area contributed by atoms with Gasteiger partial charge in [0.25, 0.3) is 5.91 Å². The maximum Gasteiger partial charge on any atom is 0.252 e. The molecule has 138 valence electrons. The number of amides is 1. The minimum absolute atomic E-state index is 0.251. The average molecular weight is 346 g/mol. The summed E-state index contributed by atoms with van der Waals surface area (Å²) in [6.07, 6.45) is 1.80. The van der Waals surface area contributed by atoms with E-state index in [1.54, 1.807) is 0 Å². The first-order valence-corrected chi connectivity index (χ1v) is 9.39. The van der Waals surface area contributed by atoms with Crippen LogP contribution in [0.15, 0.2) is 24.3 Å². The Morgan fingerprint density at radius 1 is 1.28 bits per heavy atom. The SMILES string of the molecule is CC(C)[C@@H](CNC(=O)C1(O)CCOCC1)N1CCc2ccccc2C1. The predicted molar refractivity (Wildman–Crippen MR) is 97.2 cm³/mol. The third kappa shape index (κ3) is 4.22. The number of carbonyl (C=O) groups is 1. The number of rotatable bonds is 5. The van der Waals surface area contributed by atoms with Gasteiger partial charge in [-0.15, -0.1) is 0 Å². The van der Waals surface area contributed by atoms with Gasteiger partial charge in [-0.25, -0.2) is 0 Å². The van der Waals surface area contributed by atoms with Crippen LogP contribution in [0.25, 0.3) is 0 Å². The summed E-state index contributed by atoms with van der Waals surface area (Å²) in [5.74, 6) is 0.175. The fraction of sp³-hybridized carbons (Fsp3) is 0.650. The van der Waals surface area contributed by atoms with E-state index >= 15 is 0 Å². The van der Waals surface area contributed by atoms with Gasteiger partial charge in [0, 0.05) is 51.7 Å². The second-order valence-corrected chi connectivity index (χ2v) is 7.65. The van der Waals surface area contributed by atoms with Gasteiger partial charge in [-0.1, -0.05) is 38.1 Å². The summed E-state index contributed by atoms with van der Waals surface area (Å²) in [6.45, 7) is 7.78. The van der Waals surface area contributed by atoms with Crippen LogP contribution in [-0.4, -0.2) is 53.9 Å². The highest BCUT2D eigenvalue weighted by molar-refractivity contribution is 5.85. The number of nitrogens with zero attached hydrogens (tertiary/aromatic N) is 1. The molecule has 25 heavy (non-hydrogen) atoms. The van der Waals surface area contributed by atoms with E-state index in [-0.39, 0.29) is 11.9 Å². The van der Waals surface area contributed by atoms with Crippen LogP contribution in [0.4, 0.5) is 0 Å². The standard InChI is InChI=1S/C20H30N2O3/c1-15(2)18(13-21-19(23)20(24)8-11-25-12-9-20)22-10-7-16-5-3-4-6-17(16)14-22/h3-6,15,18,24H,7-14H2,1-2H3,(H,21,23)/t18-/m1/s1. The van der Waals surface area contributed by atoms with Crippen LogP contribution in [0, 0.1) is 5.92 Å². The molecule has 1 fully saturated rings. The molecule has 0 aromatic heterocycles. The second kappa shape index (κ2) is 7.85. The third-order valence-corrected chi connectivity index (χ3v) is 5.61. The molecule has 0 spiro atoms. The zero-order valence-electron chi connectivity index (χ0n) is 15.3. The number of hydrogen-bond acceptors (Lipinski definition) is 4. The van der Waals surface area contributed by atoms with E-state index in [1.165, 1.54) is 11.1 Å². The monoisotopic (exact) mass is 346 g/mol. The topological polar surface area (TPSA) is 61.8 Å². The van der Waals surface area contributed by atoms with Gasteiger partial charge in [-0.05, 0) is 23.5 Å². The quantitative estimate of drug-likeness (QED) is 0.852.